The normalized spacial score (nSPS) is 13.5. The maximum atomic E-state index is 12.2. The number of hydrogen-bond acceptors (Lipinski definition) is 4. The SMILES string of the molecule is COc1ccc(CNC(=O)c2cncc(NC3CC3)c2)cc1. The minimum Gasteiger partial charge on any atom is -0.497 e. The molecule has 1 saturated carbocycles. The molecule has 0 unspecified atom stereocenters. The van der Waals surface area contributed by atoms with Crippen molar-refractivity contribution in [3.63, 3.8) is 0 Å². The van der Waals surface area contributed by atoms with E-state index in [0.717, 1.165) is 17.0 Å². The molecule has 5 nitrogen and oxygen atoms in total. The van der Waals surface area contributed by atoms with Crippen LogP contribution in [0.25, 0.3) is 0 Å². The summed E-state index contributed by atoms with van der Waals surface area (Å²) in [6.45, 7) is 0.475. The van der Waals surface area contributed by atoms with Gasteiger partial charge in [-0.05, 0) is 36.6 Å². The number of nitrogens with zero attached hydrogens (tertiary/aromatic N) is 1. The lowest BCUT2D eigenvalue weighted by atomic mass is 10.2. The van der Waals surface area contributed by atoms with E-state index in [1.54, 1.807) is 19.5 Å². The smallest absolute Gasteiger partial charge is 0.253 e. The third-order valence-electron chi connectivity index (χ3n) is 3.56. The third-order valence-corrected chi connectivity index (χ3v) is 3.56. The molecule has 22 heavy (non-hydrogen) atoms. The van der Waals surface area contributed by atoms with Gasteiger partial charge in [-0.3, -0.25) is 9.78 Å². The second-order valence-electron chi connectivity index (χ2n) is 5.41. The maximum absolute atomic E-state index is 12.2. The molecule has 0 aliphatic heterocycles. The molecule has 0 spiro atoms. The summed E-state index contributed by atoms with van der Waals surface area (Å²) >= 11 is 0. The predicted molar refractivity (Wildman–Crippen MR) is 85.0 cm³/mol. The number of rotatable bonds is 6. The van der Waals surface area contributed by atoms with Gasteiger partial charge in [-0.15, -0.1) is 0 Å². The fourth-order valence-corrected chi connectivity index (χ4v) is 2.13. The van der Waals surface area contributed by atoms with Gasteiger partial charge in [-0.25, -0.2) is 0 Å². The van der Waals surface area contributed by atoms with Crippen LogP contribution in [0.4, 0.5) is 5.69 Å². The van der Waals surface area contributed by atoms with Crippen molar-refractivity contribution in [3.05, 3.63) is 53.9 Å². The van der Waals surface area contributed by atoms with Crippen LogP contribution in [0, 0.1) is 0 Å². The molecule has 5 heteroatoms. The highest BCUT2D eigenvalue weighted by Crippen LogP contribution is 2.24. The van der Waals surface area contributed by atoms with Gasteiger partial charge in [-0.1, -0.05) is 12.1 Å². The summed E-state index contributed by atoms with van der Waals surface area (Å²) in [5.41, 5.74) is 2.49. The van der Waals surface area contributed by atoms with Gasteiger partial charge >= 0.3 is 0 Å². The molecule has 1 aliphatic rings. The molecule has 1 fully saturated rings. The topological polar surface area (TPSA) is 63.2 Å². The molecule has 0 bridgehead atoms. The highest BCUT2D eigenvalue weighted by Gasteiger charge is 2.21. The van der Waals surface area contributed by atoms with Crippen LogP contribution in [0.5, 0.6) is 5.75 Å². The Hall–Kier alpha value is -2.56. The van der Waals surface area contributed by atoms with E-state index in [1.165, 1.54) is 12.8 Å². The van der Waals surface area contributed by atoms with Gasteiger partial charge in [0.05, 0.1) is 18.4 Å². The number of carbonyl (C=O) groups excluding carboxylic acids is 1. The summed E-state index contributed by atoms with van der Waals surface area (Å²) in [6.07, 6.45) is 5.71. The Bertz CT molecular complexity index is 651. The van der Waals surface area contributed by atoms with Crippen molar-refractivity contribution in [1.82, 2.24) is 10.3 Å². The lowest BCUT2D eigenvalue weighted by Gasteiger charge is -2.08. The number of anilines is 1. The summed E-state index contributed by atoms with van der Waals surface area (Å²) in [6, 6.07) is 10.0. The predicted octanol–water partition coefficient (Wildman–Crippen LogP) is 2.59. The molecule has 0 saturated heterocycles. The Balaban J connectivity index is 1.58. The molecule has 0 radical (unpaired) electrons. The molecule has 1 heterocycles. The van der Waals surface area contributed by atoms with Gasteiger partial charge in [0.2, 0.25) is 0 Å². The van der Waals surface area contributed by atoms with Crippen molar-refractivity contribution >= 4 is 11.6 Å². The van der Waals surface area contributed by atoms with Gasteiger partial charge in [-0.2, -0.15) is 0 Å². The molecule has 1 aromatic carbocycles. The number of ether oxygens (including phenoxy) is 1. The monoisotopic (exact) mass is 297 g/mol. The van der Waals surface area contributed by atoms with E-state index < -0.39 is 0 Å². The lowest BCUT2D eigenvalue weighted by Crippen LogP contribution is -2.23. The van der Waals surface area contributed by atoms with Crippen LogP contribution >= 0.6 is 0 Å². The Morgan fingerprint density at radius 1 is 1.27 bits per heavy atom. The fraction of sp³-hybridized carbons (Fsp3) is 0.294. The number of pyridine rings is 1. The van der Waals surface area contributed by atoms with Gasteiger partial charge in [0.1, 0.15) is 5.75 Å². The minimum absolute atomic E-state index is 0.122. The molecule has 2 N–H and O–H groups in total. The molecular weight excluding hydrogens is 278 g/mol. The van der Waals surface area contributed by atoms with Crippen LogP contribution in [0.3, 0.4) is 0 Å². The van der Waals surface area contributed by atoms with Gasteiger partial charge in [0.25, 0.3) is 5.91 Å². The Morgan fingerprint density at radius 3 is 2.73 bits per heavy atom. The molecule has 1 aromatic heterocycles. The molecule has 1 amide bonds. The van der Waals surface area contributed by atoms with E-state index in [0.29, 0.717) is 18.2 Å². The first-order chi connectivity index (χ1) is 10.7. The van der Waals surface area contributed by atoms with Crippen molar-refractivity contribution in [2.45, 2.75) is 25.4 Å². The highest BCUT2D eigenvalue weighted by atomic mass is 16.5. The quantitative estimate of drug-likeness (QED) is 0.860. The largest absolute Gasteiger partial charge is 0.497 e. The first-order valence-corrected chi connectivity index (χ1v) is 7.37. The molecule has 0 atom stereocenters. The maximum Gasteiger partial charge on any atom is 0.253 e. The van der Waals surface area contributed by atoms with Crippen LogP contribution in [-0.2, 0) is 6.54 Å². The van der Waals surface area contributed by atoms with Crippen molar-refractivity contribution in [1.29, 1.82) is 0 Å². The van der Waals surface area contributed by atoms with E-state index in [2.05, 4.69) is 15.6 Å². The second kappa shape index (κ2) is 6.47. The zero-order valence-corrected chi connectivity index (χ0v) is 12.5. The summed E-state index contributed by atoms with van der Waals surface area (Å²) in [5.74, 6) is 0.681. The lowest BCUT2D eigenvalue weighted by molar-refractivity contribution is 0.0950. The average Bonchev–Trinajstić information content (AvgIpc) is 3.37. The van der Waals surface area contributed by atoms with Crippen LogP contribution in [-0.4, -0.2) is 24.0 Å². The first kappa shape index (κ1) is 14.4. The molecular formula is C17H19N3O2. The number of hydrogen-bond donors (Lipinski definition) is 2. The zero-order chi connectivity index (χ0) is 15.4. The van der Waals surface area contributed by atoms with Crippen LogP contribution in [0.1, 0.15) is 28.8 Å². The van der Waals surface area contributed by atoms with Crippen molar-refractivity contribution in [2.75, 3.05) is 12.4 Å². The highest BCUT2D eigenvalue weighted by molar-refractivity contribution is 5.94. The summed E-state index contributed by atoms with van der Waals surface area (Å²) in [4.78, 5) is 16.3. The molecule has 3 rings (SSSR count). The number of methoxy groups -OCH3 is 1. The van der Waals surface area contributed by atoms with E-state index in [4.69, 9.17) is 4.74 Å². The number of carbonyl (C=O) groups is 1. The second-order valence-corrected chi connectivity index (χ2v) is 5.41. The van der Waals surface area contributed by atoms with E-state index in [-0.39, 0.29) is 5.91 Å². The number of nitrogens with one attached hydrogen (secondary N) is 2. The summed E-state index contributed by atoms with van der Waals surface area (Å²) in [5, 5.41) is 6.24. The average molecular weight is 297 g/mol. The summed E-state index contributed by atoms with van der Waals surface area (Å²) in [7, 11) is 1.63. The fourth-order valence-electron chi connectivity index (χ4n) is 2.13. The van der Waals surface area contributed by atoms with Crippen LogP contribution in [0.15, 0.2) is 42.7 Å². The summed E-state index contributed by atoms with van der Waals surface area (Å²) < 4.78 is 5.11. The minimum atomic E-state index is -0.122. The molecule has 1 aliphatic carbocycles. The number of aromatic nitrogens is 1. The standard InChI is InChI=1S/C17H19N3O2/c1-22-16-6-2-12(3-7-16)9-19-17(21)13-8-15(11-18-10-13)20-14-4-5-14/h2-3,6-8,10-11,14,20H,4-5,9H2,1H3,(H,19,21). The Kier molecular flexibility index (Phi) is 4.23. The van der Waals surface area contributed by atoms with E-state index in [1.807, 2.05) is 30.3 Å². The van der Waals surface area contributed by atoms with E-state index in [9.17, 15) is 4.79 Å². The van der Waals surface area contributed by atoms with Crippen molar-refractivity contribution in [3.8, 4) is 5.75 Å². The third kappa shape index (κ3) is 3.75. The van der Waals surface area contributed by atoms with Crippen LogP contribution < -0.4 is 15.4 Å². The molecule has 114 valence electrons. The molecule has 2 aromatic rings. The Labute approximate surface area is 129 Å². The van der Waals surface area contributed by atoms with Crippen LogP contribution in [0.2, 0.25) is 0 Å². The van der Waals surface area contributed by atoms with Gasteiger partial charge in [0, 0.05) is 25.0 Å². The van der Waals surface area contributed by atoms with Crippen molar-refractivity contribution < 1.29 is 9.53 Å². The zero-order valence-electron chi connectivity index (χ0n) is 12.5. The van der Waals surface area contributed by atoms with Crippen molar-refractivity contribution in [2.24, 2.45) is 0 Å². The number of benzene rings is 1. The van der Waals surface area contributed by atoms with Gasteiger partial charge in [0.15, 0.2) is 0 Å². The van der Waals surface area contributed by atoms with Gasteiger partial charge < -0.3 is 15.4 Å². The number of amides is 1. The first-order valence-electron chi connectivity index (χ1n) is 7.37. The van der Waals surface area contributed by atoms with E-state index >= 15 is 0 Å². The Morgan fingerprint density at radius 2 is 2.05 bits per heavy atom.